The van der Waals surface area contributed by atoms with Crippen LogP contribution in [0.1, 0.15) is 53.9 Å². The summed E-state index contributed by atoms with van der Waals surface area (Å²) in [7, 11) is 0. The van der Waals surface area contributed by atoms with Crippen LogP contribution in [-0.4, -0.2) is 35.3 Å². The van der Waals surface area contributed by atoms with Gasteiger partial charge in [-0.15, -0.1) is 0 Å². The molecule has 20 heavy (non-hydrogen) atoms. The van der Waals surface area contributed by atoms with E-state index in [0.29, 0.717) is 17.8 Å². The van der Waals surface area contributed by atoms with Crippen molar-refractivity contribution in [3.05, 3.63) is 0 Å². The number of piperazine rings is 1. The van der Waals surface area contributed by atoms with Crippen molar-refractivity contribution in [3.8, 4) is 0 Å². The second-order valence-corrected chi connectivity index (χ2v) is 7.18. The number of nitrogens with zero attached hydrogens (tertiary/aromatic N) is 1. The Bertz CT molecular complexity index is 405. The lowest BCUT2D eigenvalue weighted by molar-refractivity contribution is -0.151. The summed E-state index contributed by atoms with van der Waals surface area (Å²) < 4.78 is 0. The monoisotopic (exact) mass is 280 g/mol. The minimum absolute atomic E-state index is 0.0239. The topological polar surface area (TPSA) is 49.4 Å². The van der Waals surface area contributed by atoms with Crippen molar-refractivity contribution >= 4 is 11.8 Å². The van der Waals surface area contributed by atoms with E-state index in [4.69, 9.17) is 0 Å². The average Bonchev–Trinajstić information content (AvgIpc) is 3.00. The van der Waals surface area contributed by atoms with Crippen molar-refractivity contribution in [3.63, 3.8) is 0 Å². The van der Waals surface area contributed by atoms with Gasteiger partial charge in [0, 0.05) is 6.54 Å². The van der Waals surface area contributed by atoms with Gasteiger partial charge in [-0.25, -0.2) is 0 Å². The lowest BCUT2D eigenvalue weighted by atomic mass is 9.93. The van der Waals surface area contributed by atoms with Crippen LogP contribution in [0.2, 0.25) is 0 Å². The van der Waals surface area contributed by atoms with Crippen LogP contribution in [-0.2, 0) is 9.59 Å². The Morgan fingerprint density at radius 3 is 2.40 bits per heavy atom. The molecule has 2 aliphatic rings. The predicted molar refractivity (Wildman–Crippen MR) is 79.1 cm³/mol. The molecule has 1 N–H and O–H groups in total. The Morgan fingerprint density at radius 2 is 1.95 bits per heavy atom. The number of carbonyl (C=O) groups excluding carboxylic acids is 2. The maximum Gasteiger partial charge on any atom is 0.246 e. The van der Waals surface area contributed by atoms with E-state index >= 15 is 0 Å². The third kappa shape index (κ3) is 2.70. The van der Waals surface area contributed by atoms with Gasteiger partial charge in [-0.2, -0.15) is 0 Å². The van der Waals surface area contributed by atoms with Crippen LogP contribution in [0.15, 0.2) is 0 Å². The van der Waals surface area contributed by atoms with Crippen LogP contribution in [0.25, 0.3) is 0 Å². The summed E-state index contributed by atoms with van der Waals surface area (Å²) >= 11 is 0. The lowest BCUT2D eigenvalue weighted by Gasteiger charge is -2.40. The molecule has 4 atom stereocenters. The van der Waals surface area contributed by atoms with Gasteiger partial charge in [0.25, 0.3) is 0 Å². The van der Waals surface area contributed by atoms with Gasteiger partial charge in [-0.3, -0.25) is 9.59 Å². The first-order valence-corrected chi connectivity index (χ1v) is 7.92. The zero-order valence-corrected chi connectivity index (χ0v) is 13.4. The second-order valence-electron chi connectivity index (χ2n) is 7.18. The van der Waals surface area contributed by atoms with Crippen molar-refractivity contribution < 1.29 is 9.59 Å². The van der Waals surface area contributed by atoms with E-state index in [2.05, 4.69) is 26.1 Å². The molecule has 1 saturated heterocycles. The number of hydrogen-bond acceptors (Lipinski definition) is 2. The summed E-state index contributed by atoms with van der Waals surface area (Å²) in [5, 5.41) is 2.93. The third-order valence-electron chi connectivity index (χ3n) is 5.26. The van der Waals surface area contributed by atoms with Crippen molar-refractivity contribution in [2.24, 2.45) is 17.3 Å². The van der Waals surface area contributed by atoms with Gasteiger partial charge >= 0.3 is 0 Å². The minimum Gasteiger partial charge on any atom is -0.342 e. The van der Waals surface area contributed by atoms with E-state index in [9.17, 15) is 9.59 Å². The molecule has 4 heteroatoms. The number of hydrogen-bond donors (Lipinski definition) is 1. The quantitative estimate of drug-likeness (QED) is 0.839. The molecule has 1 saturated carbocycles. The molecule has 1 aliphatic carbocycles. The normalized spacial score (nSPS) is 33.9. The van der Waals surface area contributed by atoms with E-state index in [1.807, 2.05) is 18.7 Å². The van der Waals surface area contributed by atoms with Gasteiger partial charge in [0.1, 0.15) is 12.1 Å². The summed E-state index contributed by atoms with van der Waals surface area (Å²) in [5.74, 6) is 0.882. The molecular weight excluding hydrogens is 252 g/mol. The van der Waals surface area contributed by atoms with E-state index in [1.54, 1.807) is 0 Å². The largest absolute Gasteiger partial charge is 0.342 e. The fraction of sp³-hybridized carbons (Fsp3) is 0.875. The van der Waals surface area contributed by atoms with Crippen LogP contribution in [0.4, 0.5) is 0 Å². The van der Waals surface area contributed by atoms with Crippen LogP contribution in [0.3, 0.4) is 0 Å². The standard InChI is InChI=1S/C16H28N2O2/c1-6-10(3)13-15(20)18(9-11-8-16(11,4)5)12(7-2)14(19)17-13/h10-13H,6-9H2,1-5H3,(H,17,19). The SMILES string of the molecule is CCC(C)C1NC(=O)C(CC)N(CC2CC2(C)C)C1=O. The molecule has 114 valence electrons. The summed E-state index contributed by atoms with van der Waals surface area (Å²) in [6, 6.07) is -0.614. The van der Waals surface area contributed by atoms with Crippen molar-refractivity contribution in [2.75, 3.05) is 6.54 Å². The smallest absolute Gasteiger partial charge is 0.246 e. The lowest BCUT2D eigenvalue weighted by Crippen LogP contribution is -2.65. The van der Waals surface area contributed by atoms with Crippen molar-refractivity contribution in [1.29, 1.82) is 0 Å². The number of nitrogens with one attached hydrogen (secondary N) is 1. The Labute approximate surface area is 122 Å². The highest BCUT2D eigenvalue weighted by molar-refractivity contribution is 5.97. The van der Waals surface area contributed by atoms with E-state index in [1.165, 1.54) is 0 Å². The Balaban J connectivity index is 2.15. The first-order chi connectivity index (χ1) is 9.31. The first kappa shape index (κ1) is 15.3. The molecule has 4 unspecified atom stereocenters. The van der Waals surface area contributed by atoms with Crippen LogP contribution < -0.4 is 5.32 Å². The molecule has 2 fully saturated rings. The van der Waals surface area contributed by atoms with Gasteiger partial charge in [-0.05, 0) is 30.1 Å². The number of rotatable bonds is 5. The summed E-state index contributed by atoms with van der Waals surface area (Å²) in [5.41, 5.74) is 0.332. The predicted octanol–water partition coefficient (Wildman–Crippen LogP) is 2.18. The third-order valence-corrected chi connectivity index (χ3v) is 5.26. The highest BCUT2D eigenvalue weighted by atomic mass is 16.2. The van der Waals surface area contributed by atoms with Gasteiger partial charge in [0.2, 0.25) is 11.8 Å². The Morgan fingerprint density at radius 1 is 1.35 bits per heavy atom. The summed E-state index contributed by atoms with van der Waals surface area (Å²) in [6.45, 7) is 11.3. The van der Waals surface area contributed by atoms with Crippen LogP contribution >= 0.6 is 0 Å². The summed E-state index contributed by atoms with van der Waals surface area (Å²) in [6.07, 6.45) is 2.75. The fourth-order valence-corrected chi connectivity index (χ4v) is 3.15. The van der Waals surface area contributed by atoms with Gasteiger partial charge in [-0.1, -0.05) is 41.0 Å². The summed E-state index contributed by atoms with van der Waals surface area (Å²) in [4.78, 5) is 26.9. The highest BCUT2D eigenvalue weighted by Crippen LogP contribution is 2.52. The molecule has 0 spiro atoms. The molecule has 1 aliphatic heterocycles. The average molecular weight is 280 g/mol. The van der Waals surface area contributed by atoms with E-state index in [0.717, 1.165) is 19.4 Å². The van der Waals surface area contributed by atoms with Gasteiger partial charge in [0.05, 0.1) is 0 Å². The molecule has 0 aromatic heterocycles. The van der Waals surface area contributed by atoms with Crippen molar-refractivity contribution in [1.82, 2.24) is 10.2 Å². The van der Waals surface area contributed by atoms with E-state index < -0.39 is 0 Å². The zero-order chi connectivity index (χ0) is 15.1. The van der Waals surface area contributed by atoms with Gasteiger partial charge in [0.15, 0.2) is 0 Å². The maximum absolute atomic E-state index is 12.7. The van der Waals surface area contributed by atoms with Gasteiger partial charge < -0.3 is 10.2 Å². The van der Waals surface area contributed by atoms with E-state index in [-0.39, 0.29) is 29.8 Å². The molecule has 2 amide bonds. The number of amides is 2. The Hall–Kier alpha value is -1.06. The first-order valence-electron chi connectivity index (χ1n) is 7.92. The zero-order valence-electron chi connectivity index (χ0n) is 13.4. The highest BCUT2D eigenvalue weighted by Gasteiger charge is 2.50. The fourth-order valence-electron chi connectivity index (χ4n) is 3.15. The van der Waals surface area contributed by atoms with Crippen molar-refractivity contribution in [2.45, 2.75) is 66.0 Å². The molecule has 0 bridgehead atoms. The number of carbonyl (C=O) groups is 2. The maximum atomic E-state index is 12.7. The van der Waals surface area contributed by atoms with Crippen LogP contribution in [0.5, 0.6) is 0 Å². The molecule has 2 rings (SSSR count). The molecule has 1 heterocycles. The molecule has 4 nitrogen and oxygen atoms in total. The Kier molecular flexibility index (Phi) is 4.12. The minimum atomic E-state index is -0.336. The molecule has 0 aromatic carbocycles. The molecule has 0 radical (unpaired) electrons. The molecule has 0 aromatic rings. The van der Waals surface area contributed by atoms with Crippen LogP contribution in [0, 0.1) is 17.3 Å². The molecular formula is C16H28N2O2. The second kappa shape index (κ2) is 5.38.